The molecule has 2 aliphatic heterocycles. The van der Waals surface area contributed by atoms with Gasteiger partial charge in [0.2, 0.25) is 0 Å². The quantitative estimate of drug-likeness (QED) is 0.628. The number of hydrogen-bond acceptors (Lipinski definition) is 4. The van der Waals surface area contributed by atoms with Gasteiger partial charge in [0.1, 0.15) is 11.2 Å². The maximum Gasteiger partial charge on any atom is 0.313 e. The van der Waals surface area contributed by atoms with Crippen LogP contribution >= 0.6 is 0 Å². The van der Waals surface area contributed by atoms with Crippen molar-refractivity contribution in [3.63, 3.8) is 0 Å². The summed E-state index contributed by atoms with van der Waals surface area (Å²) in [6, 6.07) is 0. The summed E-state index contributed by atoms with van der Waals surface area (Å²) in [6.07, 6.45) is 6.61. The van der Waals surface area contributed by atoms with Gasteiger partial charge in [-0.2, -0.15) is 0 Å². The van der Waals surface area contributed by atoms with Crippen molar-refractivity contribution in [1.82, 2.24) is 0 Å². The Hall–Kier alpha value is -1.06. The van der Waals surface area contributed by atoms with Gasteiger partial charge in [0.05, 0.1) is 10.8 Å². The van der Waals surface area contributed by atoms with Gasteiger partial charge in [-0.1, -0.05) is 0 Å². The van der Waals surface area contributed by atoms with Gasteiger partial charge in [0, 0.05) is 23.7 Å². The molecule has 0 radical (unpaired) electrons. The summed E-state index contributed by atoms with van der Waals surface area (Å²) in [5.74, 6) is 3.52. The molecule has 0 aromatic rings. The lowest BCUT2D eigenvalue weighted by Gasteiger charge is -2.38. The van der Waals surface area contributed by atoms with E-state index in [1.165, 1.54) is 0 Å². The molecule has 0 aromatic carbocycles. The lowest BCUT2D eigenvalue weighted by molar-refractivity contribution is -0.165. The number of carbonyl (C=O) groups excluding carboxylic acids is 2. The molecule has 8 aliphatic rings. The van der Waals surface area contributed by atoms with Crippen LogP contribution in [0.5, 0.6) is 0 Å². The summed E-state index contributed by atoms with van der Waals surface area (Å²) in [6.45, 7) is 4.50. The van der Waals surface area contributed by atoms with Crippen molar-refractivity contribution in [2.75, 3.05) is 0 Å². The van der Waals surface area contributed by atoms with E-state index < -0.39 is 0 Å². The van der Waals surface area contributed by atoms with Crippen molar-refractivity contribution in [2.45, 2.75) is 63.6 Å². The first-order chi connectivity index (χ1) is 12.4. The van der Waals surface area contributed by atoms with Gasteiger partial charge in [-0.15, -0.1) is 0 Å². The first kappa shape index (κ1) is 14.0. The molecule has 0 amide bonds. The van der Waals surface area contributed by atoms with Crippen LogP contribution in [0.1, 0.15) is 52.4 Å². The topological polar surface area (TPSA) is 52.6 Å². The molecule has 2 heterocycles. The largest absolute Gasteiger partial charge is 0.458 e. The zero-order valence-corrected chi connectivity index (χ0v) is 15.5. The van der Waals surface area contributed by atoms with Gasteiger partial charge in [-0.3, -0.25) is 9.59 Å². The molecule has 26 heavy (non-hydrogen) atoms. The fourth-order valence-electron chi connectivity index (χ4n) is 11.7. The number of esters is 2. The second-order valence-corrected chi connectivity index (χ2v) is 11.4. The smallest absolute Gasteiger partial charge is 0.313 e. The van der Waals surface area contributed by atoms with Crippen LogP contribution in [0.25, 0.3) is 0 Å². The van der Waals surface area contributed by atoms with Gasteiger partial charge < -0.3 is 9.47 Å². The molecule has 2 spiro atoms. The monoisotopic (exact) mass is 354 g/mol. The first-order valence-corrected chi connectivity index (χ1v) is 10.9. The Morgan fingerprint density at radius 3 is 1.62 bits per heavy atom. The van der Waals surface area contributed by atoms with Crippen molar-refractivity contribution in [3.8, 4) is 0 Å². The van der Waals surface area contributed by atoms with E-state index in [9.17, 15) is 9.59 Å². The molecular formula is C22H26O4. The third-order valence-electron chi connectivity index (χ3n) is 11.5. The third-order valence-corrected chi connectivity index (χ3v) is 11.5. The Labute approximate surface area is 153 Å². The van der Waals surface area contributed by atoms with Gasteiger partial charge in [-0.05, 0) is 76.0 Å². The van der Waals surface area contributed by atoms with Crippen molar-refractivity contribution in [1.29, 1.82) is 0 Å². The number of rotatable bonds is 0. The highest BCUT2D eigenvalue weighted by atomic mass is 16.6. The normalized spacial score (nSPS) is 72.7. The van der Waals surface area contributed by atoms with Gasteiger partial charge in [0.15, 0.2) is 0 Å². The van der Waals surface area contributed by atoms with E-state index >= 15 is 0 Å². The SMILES string of the molecule is C[C@]12C(=O)O[C@@]34CCC[C@@H]3[C@H]3[C@H]([C@@H]5[C@@H]1[C@@H]1CCC[C@]16OC(=O)[C@]3(C)[C@@H]56)[C@H]42. The fraction of sp³-hybridized carbons (Fsp3) is 0.909. The van der Waals surface area contributed by atoms with Crippen LogP contribution < -0.4 is 0 Å². The van der Waals surface area contributed by atoms with Crippen LogP contribution in [0.3, 0.4) is 0 Å². The predicted octanol–water partition coefficient (Wildman–Crippen LogP) is 2.94. The van der Waals surface area contributed by atoms with Crippen LogP contribution in [0, 0.1) is 58.2 Å². The van der Waals surface area contributed by atoms with E-state index in [1.54, 1.807) is 0 Å². The van der Waals surface area contributed by atoms with Gasteiger partial charge >= 0.3 is 11.9 Å². The number of hydrogen-bond donors (Lipinski definition) is 0. The van der Waals surface area contributed by atoms with E-state index in [0.717, 1.165) is 38.5 Å². The Balaban J connectivity index is 1.49. The van der Waals surface area contributed by atoms with Crippen LogP contribution in [0.15, 0.2) is 0 Å². The summed E-state index contributed by atoms with van der Waals surface area (Å²) in [5, 5.41) is 0. The minimum Gasteiger partial charge on any atom is -0.458 e. The highest BCUT2D eigenvalue weighted by molar-refractivity contribution is 5.86. The molecule has 0 bridgehead atoms. The van der Waals surface area contributed by atoms with Crippen molar-refractivity contribution in [2.24, 2.45) is 58.2 Å². The lowest BCUT2D eigenvalue weighted by atomic mass is 9.63. The predicted molar refractivity (Wildman–Crippen MR) is 89.5 cm³/mol. The van der Waals surface area contributed by atoms with E-state index in [-0.39, 0.29) is 34.0 Å². The highest BCUT2D eigenvalue weighted by Gasteiger charge is 2.95. The van der Waals surface area contributed by atoms with E-state index in [1.807, 2.05) is 0 Å². The summed E-state index contributed by atoms with van der Waals surface area (Å²) in [5.41, 5.74) is -1.15. The molecule has 0 aromatic heterocycles. The second-order valence-electron chi connectivity index (χ2n) is 11.4. The van der Waals surface area contributed by atoms with E-state index in [4.69, 9.17) is 9.47 Å². The third kappa shape index (κ3) is 0.897. The molecule has 8 fully saturated rings. The lowest BCUT2D eigenvalue weighted by Crippen LogP contribution is -2.45. The number of ether oxygens (including phenoxy) is 2. The van der Waals surface area contributed by atoms with Crippen LogP contribution in [-0.2, 0) is 19.1 Å². The molecule has 6 aliphatic carbocycles. The van der Waals surface area contributed by atoms with E-state index in [0.29, 0.717) is 47.3 Å². The number of fused-ring (bicyclic) bond motifs is 4. The summed E-state index contributed by atoms with van der Waals surface area (Å²) in [4.78, 5) is 26.8. The minimum atomic E-state index is -0.327. The molecular weight excluding hydrogens is 328 g/mol. The summed E-state index contributed by atoms with van der Waals surface area (Å²) in [7, 11) is 0. The zero-order chi connectivity index (χ0) is 17.4. The molecule has 8 rings (SSSR count). The van der Waals surface area contributed by atoms with Crippen molar-refractivity contribution >= 4 is 11.9 Å². The molecule has 4 nitrogen and oxygen atoms in total. The Morgan fingerprint density at radius 2 is 1.19 bits per heavy atom. The van der Waals surface area contributed by atoms with Gasteiger partial charge in [-0.25, -0.2) is 0 Å². The molecule has 138 valence electrons. The van der Waals surface area contributed by atoms with Crippen LogP contribution in [-0.4, -0.2) is 23.1 Å². The molecule has 0 unspecified atom stereocenters. The molecule has 6 saturated carbocycles. The second kappa shape index (κ2) is 3.39. The fourth-order valence-corrected chi connectivity index (χ4v) is 11.7. The highest BCUT2D eigenvalue weighted by Crippen LogP contribution is 2.90. The zero-order valence-electron chi connectivity index (χ0n) is 15.5. The Morgan fingerprint density at radius 1 is 0.769 bits per heavy atom. The summed E-state index contributed by atoms with van der Waals surface area (Å²) >= 11 is 0. The van der Waals surface area contributed by atoms with Crippen molar-refractivity contribution < 1.29 is 19.1 Å². The van der Waals surface area contributed by atoms with Crippen LogP contribution in [0.2, 0.25) is 0 Å². The molecule has 4 heteroatoms. The molecule has 12 atom stereocenters. The molecule has 2 saturated heterocycles. The summed E-state index contributed by atoms with van der Waals surface area (Å²) < 4.78 is 12.8. The minimum absolute atomic E-state index is 0.0994. The van der Waals surface area contributed by atoms with Crippen LogP contribution in [0.4, 0.5) is 0 Å². The first-order valence-electron chi connectivity index (χ1n) is 10.9. The van der Waals surface area contributed by atoms with Gasteiger partial charge in [0.25, 0.3) is 0 Å². The maximum absolute atomic E-state index is 13.4. The Kier molecular flexibility index (Phi) is 1.83. The maximum atomic E-state index is 13.4. The van der Waals surface area contributed by atoms with Crippen molar-refractivity contribution in [3.05, 3.63) is 0 Å². The van der Waals surface area contributed by atoms with E-state index in [2.05, 4.69) is 13.8 Å². The standard InChI is InChI=1S/C22H26O4/c1-19-13-9-5-3-8-22(9)16-11(13)12-14(20(16,2)18(24)26-22)10-6-4-7-21(10,15(12)19)25-17(19)23/h9-16H,3-8H2,1-2H3/t9-,10+,11+,12-,13-,14-,15-,16+,19-,20-,21-,22-/m0/s1. The average molecular weight is 354 g/mol. The Bertz CT molecular complexity index is 768. The number of carbonyl (C=O) groups is 2. The molecule has 0 N–H and O–H groups in total. The average Bonchev–Trinajstić information content (AvgIpc) is 3.35.